The molecule has 5 nitrogen and oxygen atoms in total. The standard InChI is InChI=1S/C29H31N3O2/c30-21-9-8-18-13-22-29(33)14-20-19-5-1-3-17-4-2-11-32(24(17)19)25(20)27-28(29,23(18)26(21)34-27)10-12-31(22)15-16-6-7-16/h1,3,5,8-9,16,22,27,33H,2,4,6-7,10-15,30H2/t22?,27?,28-,29+/m0/s1. The molecule has 6 aliphatic rings. The van der Waals surface area contributed by atoms with Crippen LogP contribution in [-0.2, 0) is 31.2 Å². The molecule has 3 N–H and O–H groups in total. The summed E-state index contributed by atoms with van der Waals surface area (Å²) in [5.41, 5.74) is 14.1. The second-order valence-electron chi connectivity index (χ2n) is 11.9. The third kappa shape index (κ3) is 1.93. The number of aromatic nitrogens is 1. The number of nitrogens with zero attached hydrogens (tertiary/aromatic N) is 2. The highest BCUT2D eigenvalue weighted by Gasteiger charge is 2.73. The van der Waals surface area contributed by atoms with E-state index in [0.29, 0.717) is 6.42 Å². The Kier molecular flexibility index (Phi) is 3.22. The first-order valence-electron chi connectivity index (χ1n) is 13.3. The van der Waals surface area contributed by atoms with Crippen molar-refractivity contribution in [2.75, 3.05) is 18.8 Å². The summed E-state index contributed by atoms with van der Waals surface area (Å²) in [6, 6.07) is 11.2. The zero-order chi connectivity index (χ0) is 22.4. The molecule has 9 rings (SSSR count). The van der Waals surface area contributed by atoms with E-state index in [4.69, 9.17) is 10.5 Å². The minimum absolute atomic E-state index is 0.134. The number of fused-ring (bicyclic) bond motifs is 4. The molecule has 34 heavy (non-hydrogen) atoms. The monoisotopic (exact) mass is 453 g/mol. The molecule has 3 aromatic rings. The van der Waals surface area contributed by atoms with Crippen LogP contribution in [0.4, 0.5) is 5.69 Å². The topological polar surface area (TPSA) is 63.6 Å². The molecule has 0 amide bonds. The van der Waals surface area contributed by atoms with Crippen molar-refractivity contribution in [1.82, 2.24) is 9.47 Å². The Morgan fingerprint density at radius 2 is 2.03 bits per heavy atom. The van der Waals surface area contributed by atoms with Crippen LogP contribution in [0.1, 0.15) is 59.7 Å². The first-order chi connectivity index (χ1) is 16.6. The maximum absolute atomic E-state index is 13.0. The van der Waals surface area contributed by atoms with E-state index in [1.807, 2.05) is 6.07 Å². The summed E-state index contributed by atoms with van der Waals surface area (Å²) < 4.78 is 9.50. The highest BCUT2D eigenvalue weighted by Crippen LogP contribution is 2.69. The fraction of sp³-hybridized carbons (Fsp3) is 0.517. The van der Waals surface area contributed by atoms with Crippen molar-refractivity contribution >= 4 is 16.6 Å². The van der Waals surface area contributed by atoms with Crippen LogP contribution in [0.3, 0.4) is 0 Å². The summed E-state index contributed by atoms with van der Waals surface area (Å²) in [7, 11) is 0. The fourth-order valence-corrected chi connectivity index (χ4v) is 8.88. The Hall–Kier alpha value is -2.50. The van der Waals surface area contributed by atoms with Gasteiger partial charge in [0.2, 0.25) is 0 Å². The minimum Gasteiger partial charge on any atom is -0.481 e. The summed E-state index contributed by atoms with van der Waals surface area (Å²) >= 11 is 0. The number of rotatable bonds is 2. The maximum Gasteiger partial charge on any atom is 0.152 e. The Morgan fingerprint density at radius 1 is 1.12 bits per heavy atom. The van der Waals surface area contributed by atoms with E-state index >= 15 is 0 Å². The van der Waals surface area contributed by atoms with Crippen molar-refractivity contribution in [2.45, 2.75) is 74.7 Å². The lowest BCUT2D eigenvalue weighted by Crippen LogP contribution is -2.74. The van der Waals surface area contributed by atoms with Crippen LogP contribution in [-0.4, -0.2) is 39.3 Å². The number of likely N-dealkylation sites (tertiary alicyclic amines) is 1. The van der Waals surface area contributed by atoms with Gasteiger partial charge in [0.25, 0.3) is 0 Å². The Morgan fingerprint density at radius 3 is 2.91 bits per heavy atom. The van der Waals surface area contributed by atoms with Crippen molar-refractivity contribution in [2.24, 2.45) is 5.92 Å². The van der Waals surface area contributed by atoms with Gasteiger partial charge in [-0.1, -0.05) is 24.3 Å². The van der Waals surface area contributed by atoms with Gasteiger partial charge in [-0.2, -0.15) is 0 Å². The van der Waals surface area contributed by atoms with E-state index in [1.165, 1.54) is 51.7 Å². The lowest BCUT2D eigenvalue weighted by molar-refractivity contribution is -0.173. The molecule has 2 fully saturated rings. The molecule has 1 saturated heterocycles. The third-order valence-corrected chi connectivity index (χ3v) is 10.4. The van der Waals surface area contributed by atoms with Crippen LogP contribution in [0.25, 0.3) is 10.9 Å². The number of nitrogen functional groups attached to an aromatic ring is 1. The van der Waals surface area contributed by atoms with Gasteiger partial charge in [0.05, 0.1) is 27.9 Å². The molecule has 1 saturated carbocycles. The number of hydrogen-bond acceptors (Lipinski definition) is 4. The number of piperidine rings is 1. The van der Waals surface area contributed by atoms with E-state index < -0.39 is 11.0 Å². The van der Waals surface area contributed by atoms with Crippen molar-refractivity contribution in [3.05, 3.63) is 58.3 Å². The second-order valence-corrected chi connectivity index (χ2v) is 11.9. The van der Waals surface area contributed by atoms with Gasteiger partial charge in [0.15, 0.2) is 6.10 Å². The largest absolute Gasteiger partial charge is 0.481 e. The Balaban J connectivity index is 1.36. The molecular formula is C29H31N3O2. The molecule has 1 spiro atoms. The molecule has 174 valence electrons. The molecule has 3 aliphatic carbocycles. The molecular weight excluding hydrogens is 422 g/mol. The highest BCUT2D eigenvalue weighted by atomic mass is 16.5. The summed E-state index contributed by atoms with van der Waals surface area (Å²) in [6.45, 7) is 3.20. The van der Waals surface area contributed by atoms with Crippen LogP contribution in [0.15, 0.2) is 30.3 Å². The molecule has 3 aliphatic heterocycles. The average molecular weight is 454 g/mol. The highest BCUT2D eigenvalue weighted by molar-refractivity contribution is 5.90. The molecule has 4 heterocycles. The Bertz CT molecular complexity index is 1420. The predicted octanol–water partition coefficient (Wildman–Crippen LogP) is 3.87. The van der Waals surface area contributed by atoms with Gasteiger partial charge in [0.1, 0.15) is 5.75 Å². The number of benzene rings is 2. The van der Waals surface area contributed by atoms with Gasteiger partial charge in [-0.15, -0.1) is 0 Å². The number of hydrogen-bond donors (Lipinski definition) is 2. The molecule has 2 bridgehead atoms. The minimum atomic E-state index is -0.840. The number of ether oxygens (including phenoxy) is 1. The number of aliphatic hydroxyl groups is 1. The normalized spacial score (nSPS) is 34.6. The lowest BCUT2D eigenvalue weighted by Gasteiger charge is -2.63. The van der Waals surface area contributed by atoms with E-state index in [2.05, 4.69) is 33.7 Å². The first-order valence-corrected chi connectivity index (χ1v) is 13.3. The van der Waals surface area contributed by atoms with Crippen LogP contribution in [0.2, 0.25) is 0 Å². The van der Waals surface area contributed by atoms with E-state index in [0.717, 1.165) is 62.7 Å². The molecule has 1 aromatic heterocycles. The van der Waals surface area contributed by atoms with Gasteiger partial charge in [-0.05, 0) is 73.7 Å². The summed E-state index contributed by atoms with van der Waals surface area (Å²) in [5, 5.41) is 14.3. The van der Waals surface area contributed by atoms with Crippen molar-refractivity contribution < 1.29 is 9.84 Å². The number of anilines is 1. The lowest BCUT2D eigenvalue weighted by atomic mass is 9.49. The Labute approximate surface area is 199 Å². The maximum atomic E-state index is 13.0. The molecule has 0 radical (unpaired) electrons. The number of para-hydroxylation sites is 1. The predicted molar refractivity (Wildman–Crippen MR) is 131 cm³/mol. The van der Waals surface area contributed by atoms with E-state index in [-0.39, 0.29) is 12.1 Å². The smallest absolute Gasteiger partial charge is 0.152 e. The van der Waals surface area contributed by atoms with Crippen molar-refractivity contribution in [1.29, 1.82) is 0 Å². The zero-order valence-corrected chi connectivity index (χ0v) is 19.5. The molecule has 2 unspecified atom stereocenters. The average Bonchev–Trinajstić information content (AvgIpc) is 3.50. The number of nitrogens with two attached hydrogens (primary N) is 1. The van der Waals surface area contributed by atoms with Crippen LogP contribution < -0.4 is 10.5 Å². The SMILES string of the molecule is Nc1ccc2c3c1OC1c4c(c5cccc6c5n4CCC6)C[C@@]4(O)C(C2)N(CC2CC2)CC[C@]314. The summed E-state index contributed by atoms with van der Waals surface area (Å²) in [4.78, 5) is 2.64. The van der Waals surface area contributed by atoms with Gasteiger partial charge in [0, 0.05) is 36.5 Å². The number of aryl methyl sites for hydroxylation is 2. The van der Waals surface area contributed by atoms with Crippen LogP contribution in [0.5, 0.6) is 5.75 Å². The molecule has 5 heteroatoms. The van der Waals surface area contributed by atoms with E-state index in [1.54, 1.807) is 0 Å². The van der Waals surface area contributed by atoms with Gasteiger partial charge in [-0.3, -0.25) is 4.90 Å². The van der Waals surface area contributed by atoms with Crippen LogP contribution in [0, 0.1) is 5.92 Å². The first kappa shape index (κ1) is 18.8. The van der Waals surface area contributed by atoms with Crippen LogP contribution >= 0.6 is 0 Å². The van der Waals surface area contributed by atoms with Gasteiger partial charge in [-0.25, -0.2) is 0 Å². The molecule has 4 atom stereocenters. The zero-order valence-electron chi connectivity index (χ0n) is 19.5. The molecule has 2 aromatic carbocycles. The summed E-state index contributed by atoms with van der Waals surface area (Å²) in [6.07, 6.45) is 7.37. The van der Waals surface area contributed by atoms with Crippen molar-refractivity contribution in [3.8, 4) is 5.75 Å². The van der Waals surface area contributed by atoms with Gasteiger partial charge >= 0.3 is 0 Å². The summed E-state index contributed by atoms with van der Waals surface area (Å²) in [5.74, 6) is 1.67. The van der Waals surface area contributed by atoms with E-state index in [9.17, 15) is 5.11 Å². The second kappa shape index (κ2) is 5.83. The quantitative estimate of drug-likeness (QED) is 0.579. The van der Waals surface area contributed by atoms with Crippen molar-refractivity contribution in [3.63, 3.8) is 0 Å². The van der Waals surface area contributed by atoms with Gasteiger partial charge < -0.3 is 20.1 Å². The third-order valence-electron chi connectivity index (χ3n) is 10.4. The fourth-order valence-electron chi connectivity index (χ4n) is 8.88.